The van der Waals surface area contributed by atoms with E-state index in [-0.39, 0.29) is 36.0 Å². The van der Waals surface area contributed by atoms with Gasteiger partial charge in [-0.3, -0.25) is 11.2 Å². The van der Waals surface area contributed by atoms with Gasteiger partial charge in [0.05, 0.1) is 20.3 Å². The number of rotatable bonds is 15. The Balaban J connectivity index is 0.000000311. The Bertz CT molecular complexity index is 1820. The number of methoxy groups -OCH3 is 1. The van der Waals surface area contributed by atoms with Gasteiger partial charge in [-0.25, -0.2) is 28.4 Å². The van der Waals surface area contributed by atoms with E-state index in [4.69, 9.17) is 43.8 Å². The van der Waals surface area contributed by atoms with Crippen LogP contribution in [0.3, 0.4) is 0 Å². The van der Waals surface area contributed by atoms with E-state index in [1.807, 2.05) is 24.3 Å². The molecule has 4 aromatic rings. The molecule has 0 aliphatic rings. The number of ether oxygens (including phenoxy) is 2. The lowest BCUT2D eigenvalue weighted by atomic mass is 9.80. The standard InChI is InChI=1S/C18H20ClFN2O3.C12H18BBrN2O4.C6H5BClFO2/c1-2-25-18(24)17(23)11-22(21)10-12-3-5-13(6-4-12)15-9-14(19)7-8-16(15)20;1-13(19)15-16(8-11(17)12(18)20-2)7-9-3-5-10(14)6-4-9;8-4-1-2-6(9)5(3-4)7(10)11/h3-9,17,23H,2,10-11,21H2,1H3;3-6,11,15,17,19H,7-8H2,1-2H3;1-3,10-11H/t17-;11-;/m11./s1. The fraction of sp³-hybridized carbons (Fsp3) is 0.278. The number of nitrogens with one attached hydrogen (secondary N) is 1. The Morgan fingerprint density at radius 2 is 1.38 bits per heavy atom. The number of hydrazine groups is 2. The molecule has 0 heterocycles. The molecule has 0 fully saturated rings. The van der Waals surface area contributed by atoms with Crippen molar-refractivity contribution in [1.29, 1.82) is 0 Å². The molecule has 0 saturated heterocycles. The monoisotopic (exact) mass is 884 g/mol. The lowest BCUT2D eigenvalue weighted by Gasteiger charge is -2.25. The van der Waals surface area contributed by atoms with E-state index in [0.717, 1.165) is 21.7 Å². The molecule has 0 saturated carbocycles. The van der Waals surface area contributed by atoms with E-state index in [2.05, 4.69) is 26.0 Å². The number of carbonyl (C=O) groups is 2. The van der Waals surface area contributed by atoms with Crippen molar-refractivity contribution in [1.82, 2.24) is 15.4 Å². The molecule has 4 rings (SSSR count). The van der Waals surface area contributed by atoms with Crippen molar-refractivity contribution in [2.75, 3.05) is 26.8 Å². The highest BCUT2D eigenvalue weighted by Gasteiger charge is 2.22. The third kappa shape index (κ3) is 17.8. The number of aliphatic hydroxyl groups is 2. The van der Waals surface area contributed by atoms with Crippen LogP contribution in [0.1, 0.15) is 18.1 Å². The molecule has 0 amide bonds. The highest BCUT2D eigenvalue weighted by atomic mass is 79.9. The topological polar surface area (TPSA) is 198 Å². The fourth-order valence-electron chi connectivity index (χ4n) is 4.71. The minimum atomic E-state index is -1.81. The fourth-order valence-corrected chi connectivity index (χ4v) is 5.33. The average molecular weight is 886 g/mol. The summed E-state index contributed by atoms with van der Waals surface area (Å²) in [6, 6.07) is 22.7. The van der Waals surface area contributed by atoms with Crippen LogP contribution >= 0.6 is 39.1 Å². The number of benzene rings is 4. The van der Waals surface area contributed by atoms with Crippen molar-refractivity contribution < 1.29 is 53.1 Å². The summed E-state index contributed by atoms with van der Waals surface area (Å²) >= 11 is 14.7. The summed E-state index contributed by atoms with van der Waals surface area (Å²) in [7, 11) is -1.39. The normalized spacial score (nSPS) is 11.8. The molecule has 20 heteroatoms. The largest absolute Gasteiger partial charge is 0.491 e. The number of nitrogens with zero attached hydrogens (tertiary/aromatic N) is 2. The maximum Gasteiger partial charge on any atom is 0.491 e. The molecule has 56 heavy (non-hydrogen) atoms. The molecule has 4 aromatic carbocycles. The molecule has 0 radical (unpaired) electrons. The summed E-state index contributed by atoms with van der Waals surface area (Å²) in [6.07, 6.45) is -2.58. The second-order valence-electron chi connectivity index (χ2n) is 11.9. The van der Waals surface area contributed by atoms with Crippen LogP contribution in [0, 0.1) is 11.6 Å². The molecular formula is C36H43B2BrCl2F2N4O9. The van der Waals surface area contributed by atoms with Gasteiger partial charge in [0, 0.05) is 45.2 Å². The summed E-state index contributed by atoms with van der Waals surface area (Å²) in [6.45, 7) is 4.11. The van der Waals surface area contributed by atoms with Gasteiger partial charge in [0.15, 0.2) is 12.2 Å². The van der Waals surface area contributed by atoms with Crippen molar-refractivity contribution in [2.45, 2.75) is 39.0 Å². The lowest BCUT2D eigenvalue weighted by Crippen LogP contribution is -2.50. The zero-order chi connectivity index (χ0) is 41.9. The van der Waals surface area contributed by atoms with E-state index in [1.165, 1.54) is 36.4 Å². The van der Waals surface area contributed by atoms with E-state index in [0.29, 0.717) is 29.2 Å². The van der Waals surface area contributed by atoms with Crippen LogP contribution in [0.2, 0.25) is 16.9 Å². The molecular weight excluding hydrogens is 843 g/mol. The minimum absolute atomic E-state index is 0.00758. The Hall–Kier alpha value is -3.49. The quantitative estimate of drug-likeness (QED) is 0.0398. The average Bonchev–Trinajstić information content (AvgIpc) is 3.14. The first-order valence-corrected chi connectivity index (χ1v) is 18.4. The maximum atomic E-state index is 13.9. The SMILES string of the molecule is CCOC(=O)[C@H](O)CN(N)Cc1ccc(-c2cc(Cl)ccc2F)cc1.COC(=O)[C@H](O)CN(Cc1ccc(Br)cc1)NB(C)O.OB(O)c1cc(Cl)ccc1F. The van der Waals surface area contributed by atoms with Gasteiger partial charge in [0.2, 0.25) is 0 Å². The first-order valence-electron chi connectivity index (χ1n) is 16.8. The first kappa shape index (κ1) is 48.7. The number of esters is 2. The molecule has 0 unspecified atom stereocenters. The number of hydrogen-bond donors (Lipinski definition) is 7. The lowest BCUT2D eigenvalue weighted by molar-refractivity contribution is -0.154. The highest BCUT2D eigenvalue weighted by molar-refractivity contribution is 9.10. The molecule has 13 nitrogen and oxygen atoms in total. The van der Waals surface area contributed by atoms with Crippen molar-refractivity contribution in [3.63, 3.8) is 0 Å². The molecule has 0 bridgehead atoms. The van der Waals surface area contributed by atoms with Crippen LogP contribution in [0.5, 0.6) is 0 Å². The van der Waals surface area contributed by atoms with Gasteiger partial charge in [-0.15, -0.1) is 0 Å². The number of halogens is 5. The Kier molecular flexibility index (Phi) is 21.7. The van der Waals surface area contributed by atoms with Crippen LogP contribution < -0.4 is 16.6 Å². The van der Waals surface area contributed by atoms with E-state index in [9.17, 15) is 33.6 Å². The van der Waals surface area contributed by atoms with Gasteiger partial charge >= 0.3 is 26.1 Å². The van der Waals surface area contributed by atoms with Crippen LogP contribution in [0.15, 0.2) is 89.4 Å². The first-order chi connectivity index (χ1) is 26.4. The number of aliphatic hydroxyl groups excluding tert-OH is 2. The third-order valence-corrected chi connectivity index (χ3v) is 8.30. The second kappa shape index (κ2) is 25.0. The molecule has 0 aromatic heterocycles. The summed E-state index contributed by atoms with van der Waals surface area (Å²) in [5.41, 5.74) is 2.72. The van der Waals surface area contributed by atoms with Gasteiger partial charge < -0.3 is 34.8 Å². The number of hydrogen-bond acceptors (Lipinski definition) is 13. The zero-order valence-corrected chi connectivity index (χ0v) is 33.8. The van der Waals surface area contributed by atoms with Crippen molar-refractivity contribution in [3.8, 4) is 11.1 Å². The van der Waals surface area contributed by atoms with Crippen molar-refractivity contribution >= 4 is 70.7 Å². The van der Waals surface area contributed by atoms with Crippen LogP contribution in [-0.4, -0.2) is 100 Å². The molecule has 0 aliphatic carbocycles. The Labute approximate surface area is 342 Å². The smallest absolute Gasteiger partial charge is 0.467 e. The molecule has 302 valence electrons. The van der Waals surface area contributed by atoms with E-state index in [1.54, 1.807) is 49.1 Å². The highest BCUT2D eigenvalue weighted by Crippen LogP contribution is 2.26. The van der Waals surface area contributed by atoms with Gasteiger partial charge in [-0.2, -0.15) is 0 Å². The van der Waals surface area contributed by atoms with E-state index < -0.39 is 44.1 Å². The van der Waals surface area contributed by atoms with Gasteiger partial charge in [0.25, 0.3) is 0 Å². The predicted molar refractivity (Wildman–Crippen MR) is 215 cm³/mol. The molecule has 2 atom stereocenters. The second-order valence-corrected chi connectivity index (χ2v) is 13.7. The van der Waals surface area contributed by atoms with E-state index >= 15 is 0 Å². The Morgan fingerprint density at radius 3 is 1.91 bits per heavy atom. The van der Waals surface area contributed by atoms with Crippen molar-refractivity contribution in [2.24, 2.45) is 5.84 Å². The van der Waals surface area contributed by atoms with Crippen molar-refractivity contribution in [3.05, 3.63) is 122 Å². The predicted octanol–water partition coefficient (Wildman–Crippen LogP) is 3.30. The number of carbonyl (C=O) groups excluding carboxylic acids is 2. The summed E-state index contributed by atoms with van der Waals surface area (Å²) in [4.78, 5) is 22.6. The number of nitrogens with two attached hydrogens (primary N) is 1. The Morgan fingerprint density at radius 1 is 0.839 bits per heavy atom. The minimum Gasteiger partial charge on any atom is -0.467 e. The molecule has 0 spiro atoms. The third-order valence-electron chi connectivity index (χ3n) is 7.30. The van der Waals surface area contributed by atoms with Crippen LogP contribution in [-0.2, 0) is 32.2 Å². The summed E-state index contributed by atoms with van der Waals surface area (Å²) in [5.74, 6) is 3.38. The maximum absolute atomic E-state index is 13.9. The summed E-state index contributed by atoms with van der Waals surface area (Å²) in [5, 5.41) is 52.3. The molecule has 8 N–H and O–H groups in total. The molecule has 0 aliphatic heterocycles. The van der Waals surface area contributed by atoms with Gasteiger partial charge in [-0.05, 0) is 79.0 Å². The van der Waals surface area contributed by atoms with Crippen LogP contribution in [0.4, 0.5) is 8.78 Å². The zero-order valence-electron chi connectivity index (χ0n) is 30.7. The van der Waals surface area contributed by atoms with Gasteiger partial charge in [0.1, 0.15) is 11.6 Å². The van der Waals surface area contributed by atoms with Crippen LogP contribution in [0.25, 0.3) is 11.1 Å². The van der Waals surface area contributed by atoms with Gasteiger partial charge in [-0.1, -0.05) is 75.5 Å². The summed E-state index contributed by atoms with van der Waals surface area (Å²) < 4.78 is 36.7.